The maximum Gasteiger partial charge on any atom is 0.273 e. The number of hydrogen-bond acceptors (Lipinski definition) is 6. The predicted octanol–water partition coefficient (Wildman–Crippen LogP) is 5.36. The van der Waals surface area contributed by atoms with E-state index < -0.39 is 0 Å². The minimum atomic E-state index is -0.00644. The number of carbonyl (C=O) groups excluding carboxylic acids is 1. The van der Waals surface area contributed by atoms with Gasteiger partial charge in [-0.15, -0.1) is 0 Å². The molecular formula is C25H30N4O2S. The topological polar surface area (TPSA) is 76.9 Å². The van der Waals surface area contributed by atoms with Crippen molar-refractivity contribution in [3.8, 4) is 11.1 Å². The van der Waals surface area contributed by atoms with Gasteiger partial charge < -0.3 is 9.88 Å². The largest absolute Gasteiger partial charge is 0.378 e. The minimum absolute atomic E-state index is 0.00644. The number of nitrogens with zero attached hydrogens (tertiary/aromatic N) is 3. The number of carbonyl (C=O) groups is 1. The highest BCUT2D eigenvalue weighted by atomic mass is 32.1. The van der Waals surface area contributed by atoms with Gasteiger partial charge in [-0.1, -0.05) is 19.9 Å². The van der Waals surface area contributed by atoms with Crippen molar-refractivity contribution in [1.82, 2.24) is 13.9 Å². The average Bonchev–Trinajstić information content (AvgIpc) is 3.32. The smallest absolute Gasteiger partial charge is 0.273 e. The molecule has 0 atom stereocenters. The van der Waals surface area contributed by atoms with Crippen molar-refractivity contribution in [3.05, 3.63) is 63.8 Å². The van der Waals surface area contributed by atoms with E-state index >= 15 is 0 Å². The zero-order valence-electron chi connectivity index (χ0n) is 18.9. The summed E-state index contributed by atoms with van der Waals surface area (Å²) in [6.07, 6.45) is 9.70. The van der Waals surface area contributed by atoms with Crippen molar-refractivity contribution in [2.24, 2.45) is 5.92 Å². The third kappa shape index (κ3) is 5.15. The summed E-state index contributed by atoms with van der Waals surface area (Å²) in [7, 11) is 0. The van der Waals surface area contributed by atoms with Crippen molar-refractivity contribution in [2.45, 2.75) is 65.0 Å². The van der Waals surface area contributed by atoms with Gasteiger partial charge in [0.25, 0.3) is 5.56 Å². The molecular weight excluding hydrogens is 420 g/mol. The monoisotopic (exact) mass is 450 g/mol. The van der Waals surface area contributed by atoms with Crippen LogP contribution >= 0.6 is 11.5 Å². The van der Waals surface area contributed by atoms with Gasteiger partial charge in [-0.25, -0.2) is 4.37 Å². The third-order valence-electron chi connectivity index (χ3n) is 6.12. The Hall–Kier alpha value is -2.80. The molecule has 6 nitrogen and oxygen atoms in total. The van der Waals surface area contributed by atoms with Gasteiger partial charge in [0.15, 0.2) is 5.78 Å². The second-order valence-corrected chi connectivity index (χ2v) is 9.79. The Morgan fingerprint density at radius 1 is 1.19 bits per heavy atom. The molecule has 0 amide bonds. The molecule has 1 aliphatic rings. The average molecular weight is 451 g/mol. The number of aromatic nitrogens is 3. The SMILES string of the molecule is CC(=O)c1ccc(C2CCC(Nc3cc(-c4cnsc4)cn(CC(C)C)c3=O)CC2)cn1. The molecule has 0 bridgehead atoms. The van der Waals surface area contributed by atoms with Crippen LogP contribution in [0.5, 0.6) is 0 Å². The first-order chi connectivity index (χ1) is 15.4. The zero-order valence-corrected chi connectivity index (χ0v) is 19.7. The highest BCUT2D eigenvalue weighted by Crippen LogP contribution is 2.34. The predicted molar refractivity (Wildman–Crippen MR) is 130 cm³/mol. The van der Waals surface area contributed by atoms with Gasteiger partial charge in [0, 0.05) is 54.6 Å². The van der Waals surface area contributed by atoms with Gasteiger partial charge in [0.05, 0.1) is 0 Å². The van der Waals surface area contributed by atoms with Crippen LogP contribution in [0.25, 0.3) is 11.1 Å². The molecule has 1 aliphatic carbocycles. The zero-order chi connectivity index (χ0) is 22.7. The van der Waals surface area contributed by atoms with E-state index in [9.17, 15) is 9.59 Å². The van der Waals surface area contributed by atoms with Crippen LogP contribution in [0.3, 0.4) is 0 Å². The van der Waals surface area contributed by atoms with Crippen LogP contribution in [0.2, 0.25) is 0 Å². The molecule has 0 saturated heterocycles. The molecule has 3 aromatic rings. The molecule has 4 rings (SSSR count). The van der Waals surface area contributed by atoms with E-state index in [-0.39, 0.29) is 17.4 Å². The number of rotatable bonds is 7. The van der Waals surface area contributed by atoms with E-state index in [0.717, 1.165) is 36.8 Å². The molecule has 3 heterocycles. The molecule has 0 aliphatic heterocycles. The fourth-order valence-electron chi connectivity index (χ4n) is 4.42. The van der Waals surface area contributed by atoms with E-state index in [1.165, 1.54) is 24.0 Å². The standard InChI is InChI=1S/C25H30N4O2S/c1-16(2)13-29-14-20(21-12-27-32-15-21)10-24(25(29)31)28-22-7-4-18(5-8-22)19-6-9-23(17(3)30)26-11-19/h6,9-12,14-16,18,22,28H,4-5,7-8,13H2,1-3H3. The van der Waals surface area contributed by atoms with Gasteiger partial charge in [0.2, 0.25) is 0 Å². The summed E-state index contributed by atoms with van der Waals surface area (Å²) >= 11 is 1.42. The van der Waals surface area contributed by atoms with Gasteiger partial charge in [0.1, 0.15) is 11.4 Å². The Morgan fingerprint density at radius 2 is 1.97 bits per heavy atom. The normalized spacial score (nSPS) is 18.6. The van der Waals surface area contributed by atoms with Crippen molar-refractivity contribution in [1.29, 1.82) is 0 Å². The lowest BCUT2D eigenvalue weighted by Crippen LogP contribution is -2.31. The summed E-state index contributed by atoms with van der Waals surface area (Å²) in [5, 5.41) is 5.56. The van der Waals surface area contributed by atoms with E-state index in [1.54, 1.807) is 0 Å². The molecule has 7 heteroatoms. The van der Waals surface area contributed by atoms with Crippen LogP contribution in [0.15, 0.2) is 47.0 Å². The molecule has 1 fully saturated rings. The van der Waals surface area contributed by atoms with Gasteiger partial charge >= 0.3 is 0 Å². The van der Waals surface area contributed by atoms with E-state index in [4.69, 9.17) is 0 Å². The Bertz CT molecular complexity index is 1110. The molecule has 0 unspecified atom stereocenters. The maximum absolute atomic E-state index is 13.1. The number of ketones is 1. The summed E-state index contributed by atoms with van der Waals surface area (Å²) in [4.78, 5) is 28.9. The van der Waals surface area contributed by atoms with Gasteiger partial charge in [-0.3, -0.25) is 14.6 Å². The van der Waals surface area contributed by atoms with Crippen molar-refractivity contribution < 1.29 is 4.79 Å². The van der Waals surface area contributed by atoms with E-state index in [2.05, 4.69) is 28.5 Å². The van der Waals surface area contributed by atoms with Crippen LogP contribution < -0.4 is 10.9 Å². The second-order valence-electron chi connectivity index (χ2n) is 9.13. The third-order valence-corrected chi connectivity index (χ3v) is 6.71. The van der Waals surface area contributed by atoms with E-state index in [1.807, 2.05) is 46.7 Å². The lowest BCUT2D eigenvalue weighted by molar-refractivity contribution is 0.101. The number of Topliss-reactive ketones (excluding diaryl/α,β-unsaturated/α-hetero) is 1. The summed E-state index contributed by atoms with van der Waals surface area (Å²) in [5.41, 5.74) is 4.48. The first-order valence-corrected chi connectivity index (χ1v) is 12.1. The highest BCUT2D eigenvalue weighted by Gasteiger charge is 2.24. The fraction of sp³-hybridized carbons (Fsp3) is 0.440. The number of pyridine rings is 2. The summed E-state index contributed by atoms with van der Waals surface area (Å²) in [6, 6.07) is 6.10. The Morgan fingerprint density at radius 3 is 2.56 bits per heavy atom. The quantitative estimate of drug-likeness (QED) is 0.490. The van der Waals surface area contributed by atoms with Gasteiger partial charge in [-0.2, -0.15) is 0 Å². The Labute approximate surface area is 192 Å². The van der Waals surface area contributed by atoms with E-state index in [0.29, 0.717) is 29.8 Å². The lowest BCUT2D eigenvalue weighted by Gasteiger charge is -2.30. The number of hydrogen-bond donors (Lipinski definition) is 1. The molecule has 0 spiro atoms. The number of anilines is 1. The Kier molecular flexibility index (Phi) is 6.84. The maximum atomic E-state index is 13.1. The fourth-order valence-corrected chi connectivity index (χ4v) is 4.97. The summed E-state index contributed by atoms with van der Waals surface area (Å²) < 4.78 is 6.05. The van der Waals surface area contributed by atoms with Crippen LogP contribution in [0.4, 0.5) is 5.69 Å². The van der Waals surface area contributed by atoms with Crippen molar-refractivity contribution in [3.63, 3.8) is 0 Å². The molecule has 1 N–H and O–H groups in total. The first-order valence-electron chi connectivity index (χ1n) is 11.3. The van der Waals surface area contributed by atoms with Crippen molar-refractivity contribution in [2.75, 3.05) is 5.32 Å². The summed E-state index contributed by atoms with van der Waals surface area (Å²) in [5.74, 6) is 0.824. The second kappa shape index (κ2) is 9.77. The molecule has 0 aromatic carbocycles. The molecule has 168 valence electrons. The van der Waals surface area contributed by atoms with Gasteiger partial charge in [-0.05, 0) is 66.7 Å². The summed E-state index contributed by atoms with van der Waals surface area (Å²) in [6.45, 7) is 6.47. The lowest BCUT2D eigenvalue weighted by atomic mass is 9.82. The highest BCUT2D eigenvalue weighted by molar-refractivity contribution is 7.03. The minimum Gasteiger partial charge on any atom is -0.378 e. The molecule has 3 aromatic heterocycles. The van der Waals surface area contributed by atoms with Crippen LogP contribution in [-0.2, 0) is 6.54 Å². The van der Waals surface area contributed by atoms with Crippen molar-refractivity contribution >= 4 is 23.0 Å². The number of nitrogens with one attached hydrogen (secondary N) is 1. The first kappa shape index (κ1) is 22.4. The van der Waals surface area contributed by atoms with Crippen LogP contribution in [0, 0.1) is 5.92 Å². The Balaban J connectivity index is 1.48. The van der Waals surface area contributed by atoms with Crippen LogP contribution in [0.1, 0.15) is 68.4 Å². The van der Waals surface area contributed by atoms with Crippen LogP contribution in [-0.4, -0.2) is 25.7 Å². The molecule has 32 heavy (non-hydrogen) atoms. The molecule has 1 saturated carbocycles. The molecule has 0 radical (unpaired) electrons.